The highest BCUT2D eigenvalue weighted by Gasteiger charge is 2.28. The number of hydrogen-bond donors (Lipinski definition) is 1. The molecule has 1 atom stereocenters. The van der Waals surface area contributed by atoms with Crippen LogP contribution in [-0.4, -0.2) is 67.8 Å². The Kier molecular flexibility index (Phi) is 4.94. The van der Waals surface area contributed by atoms with Gasteiger partial charge in [0.15, 0.2) is 11.5 Å². The van der Waals surface area contributed by atoms with E-state index in [-0.39, 0.29) is 25.1 Å². The van der Waals surface area contributed by atoms with Gasteiger partial charge >= 0.3 is 0 Å². The van der Waals surface area contributed by atoms with Crippen LogP contribution in [0.4, 0.5) is 0 Å². The molecule has 0 saturated carbocycles. The molecule has 7 heteroatoms. The predicted octanol–water partition coefficient (Wildman–Crippen LogP) is 0.957. The van der Waals surface area contributed by atoms with Gasteiger partial charge in [-0.2, -0.15) is 0 Å². The van der Waals surface area contributed by atoms with Crippen LogP contribution in [0.1, 0.15) is 16.8 Å². The van der Waals surface area contributed by atoms with Crippen LogP contribution in [0.3, 0.4) is 0 Å². The van der Waals surface area contributed by atoms with Crippen molar-refractivity contribution >= 4 is 18.3 Å². The highest BCUT2D eigenvalue weighted by molar-refractivity contribution is 5.95. The zero-order chi connectivity index (χ0) is 14.9. The van der Waals surface area contributed by atoms with Gasteiger partial charge in [0.2, 0.25) is 6.79 Å². The number of hydrogen-bond acceptors (Lipinski definition) is 5. The van der Waals surface area contributed by atoms with Gasteiger partial charge in [0, 0.05) is 44.3 Å². The normalized spacial score (nSPS) is 23.7. The van der Waals surface area contributed by atoms with Gasteiger partial charge in [-0.1, -0.05) is 0 Å². The molecule has 2 saturated heterocycles. The minimum Gasteiger partial charge on any atom is -0.454 e. The van der Waals surface area contributed by atoms with Crippen LogP contribution in [0, 0.1) is 0 Å². The summed E-state index contributed by atoms with van der Waals surface area (Å²) in [6, 6.07) is 6.07. The van der Waals surface area contributed by atoms with Crippen molar-refractivity contribution < 1.29 is 14.3 Å². The second-order valence-electron chi connectivity index (χ2n) is 6.04. The standard InChI is InChI=1S/C16H21N3O3.ClH/c20-16(12-1-2-14-15(9-12)22-11-21-14)19-7-5-18(6-8-19)13-3-4-17-10-13;/h1-2,9,13,17H,3-8,10-11H2;1H. The summed E-state index contributed by atoms with van der Waals surface area (Å²) in [7, 11) is 0. The maximum Gasteiger partial charge on any atom is 0.254 e. The van der Waals surface area contributed by atoms with Gasteiger partial charge in [-0.05, 0) is 31.2 Å². The number of nitrogens with one attached hydrogen (secondary N) is 1. The predicted molar refractivity (Wildman–Crippen MR) is 88.6 cm³/mol. The molecular weight excluding hydrogens is 318 g/mol. The van der Waals surface area contributed by atoms with E-state index in [0.717, 1.165) is 45.0 Å². The fraction of sp³-hybridized carbons (Fsp3) is 0.562. The summed E-state index contributed by atoms with van der Waals surface area (Å²) >= 11 is 0. The number of halogens is 1. The number of ether oxygens (including phenoxy) is 2. The van der Waals surface area contributed by atoms with E-state index in [0.29, 0.717) is 17.4 Å². The zero-order valence-electron chi connectivity index (χ0n) is 13.0. The number of amides is 1. The van der Waals surface area contributed by atoms with E-state index in [1.165, 1.54) is 6.42 Å². The van der Waals surface area contributed by atoms with Crippen LogP contribution in [0.25, 0.3) is 0 Å². The first-order valence-electron chi connectivity index (χ1n) is 7.95. The number of carbonyl (C=O) groups excluding carboxylic acids is 1. The number of rotatable bonds is 2. The molecule has 1 unspecified atom stereocenters. The van der Waals surface area contributed by atoms with Gasteiger partial charge in [-0.25, -0.2) is 0 Å². The summed E-state index contributed by atoms with van der Waals surface area (Å²) in [5.41, 5.74) is 0.681. The minimum atomic E-state index is 0. The Balaban J connectivity index is 0.00000156. The van der Waals surface area contributed by atoms with Gasteiger partial charge in [0.25, 0.3) is 5.91 Å². The van der Waals surface area contributed by atoms with E-state index >= 15 is 0 Å². The van der Waals surface area contributed by atoms with E-state index in [4.69, 9.17) is 9.47 Å². The van der Waals surface area contributed by atoms with Crippen LogP contribution in [0.15, 0.2) is 18.2 Å². The first kappa shape index (κ1) is 16.4. The Morgan fingerprint density at radius 1 is 1.13 bits per heavy atom. The lowest BCUT2D eigenvalue weighted by Crippen LogP contribution is -2.52. The quantitative estimate of drug-likeness (QED) is 0.869. The van der Waals surface area contributed by atoms with Gasteiger partial charge in [-0.3, -0.25) is 9.69 Å². The Morgan fingerprint density at radius 2 is 1.91 bits per heavy atom. The molecule has 3 heterocycles. The molecule has 1 N–H and O–H groups in total. The van der Waals surface area contributed by atoms with Crippen molar-refractivity contribution in [3.8, 4) is 11.5 Å². The third-order valence-electron chi connectivity index (χ3n) is 4.77. The van der Waals surface area contributed by atoms with Crippen molar-refractivity contribution in [1.82, 2.24) is 15.1 Å². The Morgan fingerprint density at radius 3 is 2.65 bits per heavy atom. The molecule has 3 aliphatic rings. The second-order valence-corrected chi connectivity index (χ2v) is 6.04. The number of piperazine rings is 1. The largest absolute Gasteiger partial charge is 0.454 e. The van der Waals surface area contributed by atoms with Crippen molar-refractivity contribution in [1.29, 1.82) is 0 Å². The number of fused-ring (bicyclic) bond motifs is 1. The molecule has 0 aliphatic carbocycles. The molecule has 1 aromatic rings. The van der Waals surface area contributed by atoms with Gasteiger partial charge in [0.05, 0.1) is 0 Å². The Hall–Kier alpha value is -1.50. The zero-order valence-corrected chi connectivity index (χ0v) is 13.8. The highest BCUT2D eigenvalue weighted by Crippen LogP contribution is 2.32. The van der Waals surface area contributed by atoms with Crippen LogP contribution in [-0.2, 0) is 0 Å². The van der Waals surface area contributed by atoms with E-state index in [1.54, 1.807) is 6.07 Å². The SMILES string of the molecule is Cl.O=C(c1ccc2c(c1)OCO2)N1CCN(C2CCNC2)CC1. The average molecular weight is 340 g/mol. The summed E-state index contributed by atoms with van der Waals surface area (Å²) in [6.07, 6.45) is 1.22. The minimum absolute atomic E-state index is 0. The van der Waals surface area contributed by atoms with Crippen molar-refractivity contribution in [3.05, 3.63) is 23.8 Å². The summed E-state index contributed by atoms with van der Waals surface area (Å²) in [5, 5.41) is 3.41. The third-order valence-corrected chi connectivity index (χ3v) is 4.77. The first-order chi connectivity index (χ1) is 10.8. The van der Waals surface area contributed by atoms with Crippen LogP contribution >= 0.6 is 12.4 Å². The molecule has 1 amide bonds. The molecule has 0 bridgehead atoms. The molecule has 126 valence electrons. The molecule has 3 aliphatic heterocycles. The smallest absolute Gasteiger partial charge is 0.254 e. The number of benzene rings is 1. The maximum atomic E-state index is 12.6. The van der Waals surface area contributed by atoms with E-state index in [1.807, 2.05) is 17.0 Å². The summed E-state index contributed by atoms with van der Waals surface area (Å²) < 4.78 is 10.6. The fourth-order valence-corrected chi connectivity index (χ4v) is 3.45. The van der Waals surface area contributed by atoms with E-state index in [2.05, 4.69) is 10.2 Å². The first-order valence-corrected chi connectivity index (χ1v) is 7.95. The lowest BCUT2D eigenvalue weighted by atomic mass is 10.1. The summed E-state index contributed by atoms with van der Waals surface area (Å²) in [5.74, 6) is 1.47. The molecule has 0 spiro atoms. The van der Waals surface area contributed by atoms with Crippen molar-refractivity contribution in [2.24, 2.45) is 0 Å². The van der Waals surface area contributed by atoms with Crippen LogP contribution < -0.4 is 14.8 Å². The molecule has 6 nitrogen and oxygen atoms in total. The maximum absolute atomic E-state index is 12.6. The summed E-state index contributed by atoms with van der Waals surface area (Å²) in [4.78, 5) is 17.1. The average Bonchev–Trinajstić information content (AvgIpc) is 3.25. The molecular formula is C16H22ClN3O3. The van der Waals surface area contributed by atoms with Gasteiger partial charge < -0.3 is 19.7 Å². The third kappa shape index (κ3) is 3.24. The van der Waals surface area contributed by atoms with Gasteiger partial charge in [-0.15, -0.1) is 12.4 Å². The molecule has 23 heavy (non-hydrogen) atoms. The monoisotopic (exact) mass is 339 g/mol. The highest BCUT2D eigenvalue weighted by atomic mass is 35.5. The Bertz CT molecular complexity index is 570. The molecule has 0 aromatic heterocycles. The molecule has 4 rings (SSSR count). The topological polar surface area (TPSA) is 54.0 Å². The lowest BCUT2D eigenvalue weighted by molar-refractivity contribution is 0.0583. The van der Waals surface area contributed by atoms with Crippen LogP contribution in [0.2, 0.25) is 0 Å². The van der Waals surface area contributed by atoms with Crippen molar-refractivity contribution in [3.63, 3.8) is 0 Å². The summed E-state index contributed by atoms with van der Waals surface area (Å²) in [6.45, 7) is 5.94. The van der Waals surface area contributed by atoms with Gasteiger partial charge in [0.1, 0.15) is 0 Å². The van der Waals surface area contributed by atoms with E-state index < -0.39 is 0 Å². The number of carbonyl (C=O) groups is 1. The number of nitrogens with zero attached hydrogens (tertiary/aromatic N) is 2. The second kappa shape index (κ2) is 6.95. The van der Waals surface area contributed by atoms with Crippen LogP contribution in [0.5, 0.6) is 11.5 Å². The molecule has 1 aromatic carbocycles. The van der Waals surface area contributed by atoms with E-state index in [9.17, 15) is 4.79 Å². The lowest BCUT2D eigenvalue weighted by Gasteiger charge is -2.37. The molecule has 2 fully saturated rings. The van der Waals surface area contributed by atoms with Crippen molar-refractivity contribution in [2.45, 2.75) is 12.5 Å². The van der Waals surface area contributed by atoms with Crippen molar-refractivity contribution in [2.75, 3.05) is 46.1 Å². The molecule has 0 radical (unpaired) electrons. The fourth-order valence-electron chi connectivity index (χ4n) is 3.45. The Labute approximate surface area is 142 Å².